The third kappa shape index (κ3) is 9.81. The van der Waals surface area contributed by atoms with Gasteiger partial charge in [-0.25, -0.2) is 0 Å². The van der Waals surface area contributed by atoms with Crippen molar-refractivity contribution >= 4 is 132 Å². The standard InChI is InChI=1S/C112H70N2O2/c1-2-22-71(23-3-1)73-42-47-79(48-43-73)111(101-37-17-12-31-90(101)91-32-13-18-38-102(91)111)80-50-54-84(55-51-80)114(86-59-62-98-96-36-16-21-41-108(96)116-110(98)70-86)106-68-78-27-7-9-29-88(78)99-65-75(45-60-94(99)106)76-46-63-104-100(66-76)92-33-14-19-39-103(92)112(104,82-49-44-72-24-4-5-25-74(72)64-82)81-52-56-83(57-53-81)113(85-58-61-97-95-35-15-20-40-107(95)115-109(97)69-85)105-67-77-26-6-8-28-87(77)89-30-10-11-34-93(89)105/h1-70H. The van der Waals surface area contributed by atoms with Crippen molar-refractivity contribution in [2.75, 3.05) is 9.80 Å². The summed E-state index contributed by atoms with van der Waals surface area (Å²) >= 11 is 0. The summed E-state index contributed by atoms with van der Waals surface area (Å²) in [7, 11) is 0. The molecule has 2 heterocycles. The van der Waals surface area contributed by atoms with Crippen LogP contribution in [0.15, 0.2) is 433 Å². The number of anilines is 6. The fourth-order valence-corrected chi connectivity index (χ4v) is 20.2. The number of fused-ring (bicyclic) bond motifs is 19. The molecule has 0 spiro atoms. The van der Waals surface area contributed by atoms with Gasteiger partial charge in [0.2, 0.25) is 0 Å². The largest absolute Gasteiger partial charge is 0.456 e. The summed E-state index contributed by atoms with van der Waals surface area (Å²) in [4.78, 5) is 4.89. The SMILES string of the molecule is c1ccc(-c2ccc(C3(c4ccc(N(c5ccc6c(c5)oc5ccccc56)c5cc6ccccc6c6cc(-c7ccc8c(c7)-c7ccccc7C8(c7ccc(N(c8ccc9c(c8)oc8ccccc89)c8cc9ccccc9c9ccccc89)cc7)c7ccc8ccccc8c7)ccc56)cc4)c4ccccc4-c4ccccc43)cc2)cc1. The van der Waals surface area contributed by atoms with E-state index in [2.05, 4.69) is 428 Å². The molecule has 4 nitrogen and oxygen atoms in total. The zero-order chi connectivity index (χ0) is 76.2. The summed E-state index contributed by atoms with van der Waals surface area (Å²) in [5.74, 6) is 0. The summed E-state index contributed by atoms with van der Waals surface area (Å²) in [6.07, 6.45) is 0. The van der Waals surface area contributed by atoms with Crippen LogP contribution in [-0.2, 0) is 10.8 Å². The number of hydrogen-bond donors (Lipinski definition) is 0. The zero-order valence-corrected chi connectivity index (χ0v) is 63.1. The van der Waals surface area contributed by atoms with Crippen LogP contribution >= 0.6 is 0 Å². The zero-order valence-electron chi connectivity index (χ0n) is 63.1. The van der Waals surface area contributed by atoms with Crippen LogP contribution in [-0.4, -0.2) is 0 Å². The van der Waals surface area contributed by atoms with E-state index in [1.54, 1.807) is 0 Å². The Morgan fingerprint density at radius 1 is 0.172 bits per heavy atom. The summed E-state index contributed by atoms with van der Waals surface area (Å²) in [6, 6.07) is 158. The van der Waals surface area contributed by atoms with Gasteiger partial charge in [-0.05, 0) is 223 Å². The maximum atomic E-state index is 6.78. The van der Waals surface area contributed by atoms with Crippen LogP contribution in [0.1, 0.15) is 44.5 Å². The smallest absolute Gasteiger partial charge is 0.137 e. The number of para-hydroxylation sites is 2. The first-order valence-electron chi connectivity index (χ1n) is 40.1. The van der Waals surface area contributed by atoms with Crippen LogP contribution in [0.5, 0.6) is 0 Å². The van der Waals surface area contributed by atoms with Gasteiger partial charge in [-0.15, -0.1) is 0 Å². The molecule has 0 bridgehead atoms. The molecule has 1 unspecified atom stereocenters. The van der Waals surface area contributed by atoms with Gasteiger partial charge in [-0.2, -0.15) is 0 Å². The molecule has 1 atom stereocenters. The van der Waals surface area contributed by atoms with Gasteiger partial charge < -0.3 is 18.6 Å². The minimum absolute atomic E-state index is 0.610. The number of furan rings is 2. The van der Waals surface area contributed by atoms with Gasteiger partial charge in [0, 0.05) is 67.2 Å². The molecule has 20 aromatic carbocycles. The number of hydrogen-bond acceptors (Lipinski definition) is 4. The Morgan fingerprint density at radius 2 is 0.534 bits per heavy atom. The van der Waals surface area contributed by atoms with Gasteiger partial charge >= 0.3 is 0 Å². The second-order valence-electron chi connectivity index (χ2n) is 31.3. The molecule has 0 aliphatic heterocycles. The Labute approximate surface area is 670 Å². The molecule has 4 heteroatoms. The van der Waals surface area contributed by atoms with Gasteiger partial charge in [-0.3, -0.25) is 0 Å². The van der Waals surface area contributed by atoms with Gasteiger partial charge in [0.25, 0.3) is 0 Å². The Kier molecular flexibility index (Phi) is 14.5. The Hall–Kier alpha value is -15.1. The van der Waals surface area contributed by atoms with E-state index in [1.807, 2.05) is 6.07 Å². The van der Waals surface area contributed by atoms with Crippen LogP contribution in [0.4, 0.5) is 34.1 Å². The normalized spacial score (nSPS) is 14.0. The average Bonchev–Trinajstić information content (AvgIpc) is 1.53. The lowest BCUT2D eigenvalue weighted by Crippen LogP contribution is -2.28. The van der Waals surface area contributed by atoms with Crippen LogP contribution in [0, 0.1) is 0 Å². The van der Waals surface area contributed by atoms with E-state index in [0.717, 1.165) is 111 Å². The monoisotopic (exact) mass is 1470 g/mol. The summed E-state index contributed by atoms with van der Waals surface area (Å²) in [5.41, 5.74) is 27.7. The molecule has 540 valence electrons. The van der Waals surface area contributed by atoms with Crippen molar-refractivity contribution in [2.24, 2.45) is 0 Å². The van der Waals surface area contributed by atoms with Crippen LogP contribution in [0.2, 0.25) is 0 Å². The van der Waals surface area contributed by atoms with E-state index in [9.17, 15) is 0 Å². The molecule has 0 radical (unpaired) electrons. The van der Waals surface area contributed by atoms with Crippen molar-refractivity contribution in [1.29, 1.82) is 0 Å². The summed E-state index contributed by atoms with van der Waals surface area (Å²) in [6.45, 7) is 0. The summed E-state index contributed by atoms with van der Waals surface area (Å²) < 4.78 is 13.5. The minimum atomic E-state index is -0.719. The maximum absolute atomic E-state index is 6.78. The highest BCUT2D eigenvalue weighted by molar-refractivity contribution is 6.18. The highest BCUT2D eigenvalue weighted by Gasteiger charge is 2.48. The van der Waals surface area contributed by atoms with Crippen molar-refractivity contribution in [2.45, 2.75) is 10.8 Å². The van der Waals surface area contributed by atoms with Crippen molar-refractivity contribution in [1.82, 2.24) is 0 Å². The van der Waals surface area contributed by atoms with Crippen LogP contribution in [0.25, 0.3) is 142 Å². The van der Waals surface area contributed by atoms with Crippen molar-refractivity contribution < 1.29 is 8.83 Å². The molecule has 0 fully saturated rings. The van der Waals surface area contributed by atoms with Gasteiger partial charge in [0.05, 0.1) is 22.2 Å². The molecule has 2 aliphatic carbocycles. The predicted molar refractivity (Wildman–Crippen MR) is 483 cm³/mol. The second kappa shape index (κ2) is 25.7. The van der Waals surface area contributed by atoms with Gasteiger partial charge in [0.1, 0.15) is 22.3 Å². The van der Waals surface area contributed by atoms with Gasteiger partial charge in [-0.1, -0.05) is 322 Å². The fraction of sp³-hybridized carbons (Fsp3) is 0.0179. The van der Waals surface area contributed by atoms with E-state index in [-0.39, 0.29) is 0 Å². The quantitative estimate of drug-likeness (QED) is 0.114. The lowest BCUT2D eigenvalue weighted by molar-refractivity contribution is 0.668. The molecule has 22 aromatic rings. The lowest BCUT2D eigenvalue weighted by atomic mass is 9.67. The van der Waals surface area contributed by atoms with E-state index in [0.29, 0.717) is 0 Å². The van der Waals surface area contributed by atoms with E-state index >= 15 is 0 Å². The minimum Gasteiger partial charge on any atom is -0.456 e. The average molecular weight is 1480 g/mol. The fourth-order valence-electron chi connectivity index (χ4n) is 20.2. The van der Waals surface area contributed by atoms with Crippen LogP contribution < -0.4 is 9.80 Å². The maximum Gasteiger partial charge on any atom is 0.137 e. The lowest BCUT2D eigenvalue weighted by Gasteiger charge is -2.35. The third-order valence-electron chi connectivity index (χ3n) is 25.4. The second-order valence-corrected chi connectivity index (χ2v) is 31.3. The highest BCUT2D eigenvalue weighted by atomic mass is 16.3. The molecule has 0 saturated carbocycles. The van der Waals surface area contributed by atoms with Crippen molar-refractivity contribution in [3.05, 3.63) is 469 Å². The first-order chi connectivity index (χ1) is 57.5. The molecule has 116 heavy (non-hydrogen) atoms. The highest BCUT2D eigenvalue weighted by Crippen LogP contribution is 2.60. The number of rotatable bonds is 12. The van der Waals surface area contributed by atoms with E-state index in [1.165, 1.54) is 110 Å². The van der Waals surface area contributed by atoms with Gasteiger partial charge in [0.15, 0.2) is 0 Å². The van der Waals surface area contributed by atoms with Crippen LogP contribution in [0.3, 0.4) is 0 Å². The van der Waals surface area contributed by atoms with Crippen molar-refractivity contribution in [3.63, 3.8) is 0 Å². The first kappa shape index (κ1) is 65.6. The molecule has 0 amide bonds. The first-order valence-corrected chi connectivity index (χ1v) is 40.1. The topological polar surface area (TPSA) is 32.8 Å². The third-order valence-corrected chi connectivity index (χ3v) is 25.4. The van der Waals surface area contributed by atoms with E-state index in [4.69, 9.17) is 8.83 Å². The van der Waals surface area contributed by atoms with Crippen molar-refractivity contribution in [3.8, 4) is 44.5 Å². The molecule has 0 saturated heterocycles. The Balaban J connectivity index is 0.667. The Bertz CT molecular complexity index is 7740. The molecular weight excluding hydrogens is 1410 g/mol. The predicted octanol–water partition coefficient (Wildman–Crippen LogP) is 30.3. The summed E-state index contributed by atoms with van der Waals surface area (Å²) in [5, 5.41) is 16.2. The molecule has 24 rings (SSSR count). The Morgan fingerprint density at radius 3 is 1.10 bits per heavy atom. The van der Waals surface area contributed by atoms with E-state index < -0.39 is 10.8 Å². The molecule has 0 N–H and O–H groups in total. The molecular formula is C112H70N2O2. The molecule has 2 aliphatic rings. The molecule has 2 aromatic heterocycles. The number of nitrogens with zero attached hydrogens (tertiary/aromatic N) is 2. The number of benzene rings is 20.